The fourth-order valence-electron chi connectivity index (χ4n) is 4.84. The number of carbonyl (C=O) groups excluding carboxylic acids is 1. The number of hydrogen-bond acceptors (Lipinski definition) is 7. The number of nitrogens with one attached hydrogen (secondary N) is 2. The first-order valence-corrected chi connectivity index (χ1v) is 12.7. The van der Waals surface area contributed by atoms with E-state index in [4.69, 9.17) is 14.7 Å². The fourth-order valence-corrected chi connectivity index (χ4v) is 4.84. The van der Waals surface area contributed by atoms with Crippen LogP contribution in [0.1, 0.15) is 25.1 Å². The Bertz CT molecular complexity index is 1340. The quantitative estimate of drug-likeness (QED) is 0.552. The van der Waals surface area contributed by atoms with Gasteiger partial charge in [0.1, 0.15) is 5.82 Å². The van der Waals surface area contributed by atoms with Crippen molar-refractivity contribution < 1.29 is 9.53 Å². The highest BCUT2D eigenvalue weighted by molar-refractivity contribution is 5.89. The normalized spacial score (nSPS) is 17.3. The minimum atomic E-state index is -0.234. The Hall–Kier alpha value is -3.92. The summed E-state index contributed by atoms with van der Waals surface area (Å²) in [5, 5.41) is 5.56. The van der Waals surface area contributed by atoms with Crippen LogP contribution in [0.25, 0.3) is 11.4 Å². The molecule has 194 valence electrons. The van der Waals surface area contributed by atoms with Crippen LogP contribution in [0.4, 0.5) is 22.0 Å². The average molecular weight is 504 g/mol. The van der Waals surface area contributed by atoms with E-state index in [1.165, 1.54) is 5.56 Å². The van der Waals surface area contributed by atoms with E-state index in [2.05, 4.69) is 27.4 Å². The van der Waals surface area contributed by atoms with Gasteiger partial charge in [-0.15, -0.1) is 0 Å². The molecule has 0 radical (unpaired) electrons. The van der Waals surface area contributed by atoms with E-state index in [0.29, 0.717) is 37.8 Å². The molecule has 10 nitrogen and oxygen atoms in total. The number of morpholine rings is 1. The van der Waals surface area contributed by atoms with Gasteiger partial charge in [-0.05, 0) is 50.6 Å². The van der Waals surface area contributed by atoms with Crippen LogP contribution in [0, 0.1) is 0 Å². The molecule has 2 aliphatic rings. The van der Waals surface area contributed by atoms with Crippen LogP contribution in [0.15, 0.2) is 47.4 Å². The SMILES string of the molecule is CCNC(=O)Nc1ccc(-c2nc3c(c(N4CCOC[C@@H]4C)n2)CCN(c2ccc(=O)n(C)c2)C3)cc1. The predicted octanol–water partition coefficient (Wildman–Crippen LogP) is 2.77. The fraction of sp³-hybridized carbons (Fsp3) is 0.407. The summed E-state index contributed by atoms with van der Waals surface area (Å²) in [7, 11) is 1.77. The maximum atomic E-state index is 11.9. The van der Waals surface area contributed by atoms with Crippen molar-refractivity contribution in [3.8, 4) is 11.4 Å². The van der Waals surface area contributed by atoms with Gasteiger partial charge >= 0.3 is 6.03 Å². The number of aromatic nitrogens is 3. The van der Waals surface area contributed by atoms with E-state index in [1.54, 1.807) is 17.7 Å². The standard InChI is InChI=1S/C27H33N7O3/c1-4-28-27(36)29-20-7-5-19(6-8-20)25-30-23-16-33(21-9-10-24(35)32(3)15-21)12-11-22(23)26(31-25)34-13-14-37-17-18(34)2/h5-10,15,18H,4,11-14,16-17H2,1-3H3,(H2,28,29,36)/t18-/m0/s1. The van der Waals surface area contributed by atoms with Crippen LogP contribution in [0.5, 0.6) is 0 Å². The summed E-state index contributed by atoms with van der Waals surface area (Å²) in [4.78, 5) is 38.5. The number of hydrogen-bond donors (Lipinski definition) is 2. The lowest BCUT2D eigenvalue weighted by molar-refractivity contribution is 0.0984. The second-order valence-corrected chi connectivity index (χ2v) is 9.48. The van der Waals surface area contributed by atoms with Crippen molar-refractivity contribution in [2.75, 3.05) is 48.0 Å². The third-order valence-corrected chi connectivity index (χ3v) is 6.86. The Morgan fingerprint density at radius 1 is 1.14 bits per heavy atom. The molecule has 0 saturated carbocycles. The number of urea groups is 1. The summed E-state index contributed by atoms with van der Waals surface area (Å²) >= 11 is 0. The van der Waals surface area contributed by atoms with E-state index in [0.717, 1.165) is 42.3 Å². The summed E-state index contributed by atoms with van der Waals surface area (Å²) in [5.41, 5.74) is 4.71. The van der Waals surface area contributed by atoms with Gasteiger partial charge in [-0.2, -0.15) is 0 Å². The van der Waals surface area contributed by atoms with Gasteiger partial charge in [-0.1, -0.05) is 0 Å². The Balaban J connectivity index is 1.50. The molecule has 2 aromatic heterocycles. The van der Waals surface area contributed by atoms with Crippen molar-refractivity contribution in [2.24, 2.45) is 7.05 Å². The highest BCUT2D eigenvalue weighted by atomic mass is 16.5. The van der Waals surface area contributed by atoms with E-state index in [1.807, 2.05) is 43.5 Å². The molecule has 0 bridgehead atoms. The third kappa shape index (κ3) is 5.29. The van der Waals surface area contributed by atoms with Gasteiger partial charge in [0.15, 0.2) is 5.82 Å². The molecular weight excluding hydrogens is 470 g/mol. The van der Waals surface area contributed by atoms with Crippen LogP contribution >= 0.6 is 0 Å². The van der Waals surface area contributed by atoms with Gasteiger partial charge in [-0.25, -0.2) is 14.8 Å². The van der Waals surface area contributed by atoms with Gasteiger partial charge in [0, 0.05) is 55.8 Å². The second kappa shape index (κ2) is 10.6. The van der Waals surface area contributed by atoms with Crippen LogP contribution < -0.4 is 26.0 Å². The molecule has 1 fully saturated rings. The van der Waals surface area contributed by atoms with Crippen molar-refractivity contribution in [3.63, 3.8) is 0 Å². The molecule has 2 N–H and O–H groups in total. The minimum absolute atomic E-state index is 0.0283. The maximum absolute atomic E-state index is 11.9. The lowest BCUT2D eigenvalue weighted by Gasteiger charge is -2.38. The zero-order chi connectivity index (χ0) is 25.9. The smallest absolute Gasteiger partial charge is 0.319 e. The molecule has 1 saturated heterocycles. The molecule has 4 heterocycles. The zero-order valence-electron chi connectivity index (χ0n) is 21.5. The molecular formula is C27H33N7O3. The van der Waals surface area contributed by atoms with Gasteiger partial charge in [0.25, 0.3) is 0 Å². The number of aryl methyl sites for hydroxylation is 1. The van der Waals surface area contributed by atoms with Crippen molar-refractivity contribution in [2.45, 2.75) is 32.9 Å². The van der Waals surface area contributed by atoms with Crippen molar-refractivity contribution >= 4 is 23.2 Å². The zero-order valence-corrected chi connectivity index (χ0v) is 21.5. The first kappa shape index (κ1) is 24.8. The number of carbonyl (C=O) groups is 1. The van der Waals surface area contributed by atoms with Gasteiger partial charge in [0.05, 0.1) is 37.2 Å². The number of nitrogens with zero attached hydrogens (tertiary/aromatic N) is 5. The van der Waals surface area contributed by atoms with Crippen LogP contribution in [0.3, 0.4) is 0 Å². The minimum Gasteiger partial charge on any atom is -0.377 e. The molecule has 37 heavy (non-hydrogen) atoms. The van der Waals surface area contributed by atoms with Crippen molar-refractivity contribution in [3.05, 3.63) is 64.2 Å². The number of rotatable bonds is 5. The number of ether oxygens (including phenoxy) is 1. The molecule has 0 unspecified atom stereocenters. The number of amides is 2. The van der Waals surface area contributed by atoms with E-state index >= 15 is 0 Å². The summed E-state index contributed by atoms with van der Waals surface area (Å²) in [6.07, 6.45) is 2.69. The molecule has 1 atom stereocenters. The largest absolute Gasteiger partial charge is 0.377 e. The van der Waals surface area contributed by atoms with E-state index < -0.39 is 0 Å². The summed E-state index contributed by atoms with van der Waals surface area (Å²) in [5.74, 6) is 1.62. The Morgan fingerprint density at radius 2 is 1.95 bits per heavy atom. The van der Waals surface area contributed by atoms with Crippen molar-refractivity contribution in [1.82, 2.24) is 19.9 Å². The molecule has 1 aromatic carbocycles. The van der Waals surface area contributed by atoms with Gasteiger partial charge < -0.3 is 29.7 Å². The third-order valence-electron chi connectivity index (χ3n) is 6.86. The molecule has 0 aliphatic carbocycles. The summed E-state index contributed by atoms with van der Waals surface area (Å²) in [6, 6.07) is 11.1. The number of fused-ring (bicyclic) bond motifs is 1. The molecule has 10 heteroatoms. The van der Waals surface area contributed by atoms with Gasteiger partial charge in [-0.3, -0.25) is 4.79 Å². The Kier molecular flexibility index (Phi) is 7.09. The number of pyridine rings is 1. The highest BCUT2D eigenvalue weighted by Crippen LogP contribution is 2.33. The lowest BCUT2D eigenvalue weighted by atomic mass is 10.0. The van der Waals surface area contributed by atoms with Crippen LogP contribution in [-0.2, 0) is 24.8 Å². The maximum Gasteiger partial charge on any atom is 0.319 e. The Morgan fingerprint density at radius 3 is 2.68 bits per heavy atom. The number of benzene rings is 1. The number of anilines is 3. The first-order valence-electron chi connectivity index (χ1n) is 12.7. The molecule has 2 amide bonds. The monoisotopic (exact) mass is 503 g/mol. The average Bonchev–Trinajstić information content (AvgIpc) is 2.90. The molecule has 5 rings (SSSR count). The Labute approximate surface area is 216 Å². The molecule has 3 aromatic rings. The van der Waals surface area contributed by atoms with E-state index in [9.17, 15) is 9.59 Å². The van der Waals surface area contributed by atoms with Crippen LogP contribution in [-0.4, -0.2) is 59.5 Å². The molecule has 0 spiro atoms. The van der Waals surface area contributed by atoms with E-state index in [-0.39, 0.29) is 17.6 Å². The summed E-state index contributed by atoms with van der Waals surface area (Å²) in [6.45, 7) is 8.17. The van der Waals surface area contributed by atoms with Crippen LogP contribution in [0.2, 0.25) is 0 Å². The first-order chi connectivity index (χ1) is 17.9. The summed E-state index contributed by atoms with van der Waals surface area (Å²) < 4.78 is 7.29. The van der Waals surface area contributed by atoms with Crippen molar-refractivity contribution in [1.29, 1.82) is 0 Å². The van der Waals surface area contributed by atoms with Gasteiger partial charge in [0.2, 0.25) is 5.56 Å². The lowest BCUT2D eigenvalue weighted by Crippen LogP contribution is -2.45. The second-order valence-electron chi connectivity index (χ2n) is 9.48. The molecule has 2 aliphatic heterocycles. The predicted molar refractivity (Wildman–Crippen MR) is 144 cm³/mol. The highest BCUT2D eigenvalue weighted by Gasteiger charge is 2.29. The topological polar surface area (TPSA) is 105 Å².